The van der Waals surface area contributed by atoms with Crippen LogP contribution in [0.15, 0.2) is 24.3 Å². The molecule has 1 saturated heterocycles. The van der Waals surface area contributed by atoms with Crippen LogP contribution < -0.4 is 0 Å². The molecule has 0 saturated carbocycles. The monoisotopic (exact) mass is 291 g/mol. The molecule has 0 radical (unpaired) electrons. The van der Waals surface area contributed by atoms with Crippen LogP contribution in [0.3, 0.4) is 0 Å². The molecule has 0 aromatic heterocycles. The van der Waals surface area contributed by atoms with Crippen LogP contribution in [0.2, 0.25) is 0 Å². The summed E-state index contributed by atoms with van der Waals surface area (Å²) in [7, 11) is 1.68. The van der Waals surface area contributed by atoms with Crippen molar-refractivity contribution in [3.63, 3.8) is 0 Å². The normalized spacial score (nSPS) is 16.2. The SMILES string of the molecule is COCCOCC1CCN(C(=O)c2cccc(C)c2)CC1. The van der Waals surface area contributed by atoms with E-state index in [9.17, 15) is 4.79 Å². The van der Waals surface area contributed by atoms with E-state index in [0.29, 0.717) is 19.1 Å². The van der Waals surface area contributed by atoms with E-state index in [4.69, 9.17) is 9.47 Å². The first-order valence-electron chi connectivity index (χ1n) is 7.63. The Morgan fingerprint density at radius 2 is 2.05 bits per heavy atom. The van der Waals surface area contributed by atoms with Gasteiger partial charge in [0.15, 0.2) is 0 Å². The average Bonchev–Trinajstić information content (AvgIpc) is 2.51. The lowest BCUT2D eigenvalue weighted by Crippen LogP contribution is -2.39. The van der Waals surface area contributed by atoms with Crippen molar-refractivity contribution in [1.82, 2.24) is 4.90 Å². The van der Waals surface area contributed by atoms with Gasteiger partial charge in [-0.05, 0) is 37.8 Å². The molecule has 1 fully saturated rings. The molecule has 0 atom stereocenters. The van der Waals surface area contributed by atoms with E-state index in [1.165, 1.54) is 0 Å². The molecule has 0 unspecified atom stereocenters. The van der Waals surface area contributed by atoms with Gasteiger partial charge in [0.25, 0.3) is 5.91 Å². The number of methoxy groups -OCH3 is 1. The number of likely N-dealkylation sites (tertiary alicyclic amines) is 1. The number of amides is 1. The Hall–Kier alpha value is -1.39. The molecule has 0 bridgehead atoms. The number of hydrogen-bond acceptors (Lipinski definition) is 3. The topological polar surface area (TPSA) is 38.8 Å². The lowest BCUT2D eigenvalue weighted by molar-refractivity contribution is 0.0327. The van der Waals surface area contributed by atoms with Crippen molar-refractivity contribution in [2.24, 2.45) is 5.92 Å². The van der Waals surface area contributed by atoms with Crippen LogP contribution >= 0.6 is 0 Å². The van der Waals surface area contributed by atoms with Crippen molar-refractivity contribution < 1.29 is 14.3 Å². The Morgan fingerprint density at radius 3 is 2.71 bits per heavy atom. The maximum atomic E-state index is 12.4. The second-order valence-corrected chi connectivity index (χ2v) is 5.67. The van der Waals surface area contributed by atoms with E-state index in [-0.39, 0.29) is 5.91 Å². The second kappa shape index (κ2) is 8.15. The second-order valence-electron chi connectivity index (χ2n) is 5.67. The Bertz CT molecular complexity index is 453. The van der Waals surface area contributed by atoms with E-state index < -0.39 is 0 Å². The van der Waals surface area contributed by atoms with Gasteiger partial charge in [0.2, 0.25) is 0 Å². The highest BCUT2D eigenvalue weighted by atomic mass is 16.5. The Kier molecular flexibility index (Phi) is 6.21. The zero-order valence-electron chi connectivity index (χ0n) is 13.0. The molecule has 0 N–H and O–H groups in total. The number of rotatable bonds is 6. The summed E-state index contributed by atoms with van der Waals surface area (Å²) < 4.78 is 10.5. The molecule has 4 nitrogen and oxygen atoms in total. The quantitative estimate of drug-likeness (QED) is 0.756. The standard InChI is InChI=1S/C17H25NO3/c1-14-4-3-5-16(12-14)17(19)18-8-6-15(7-9-18)13-21-11-10-20-2/h3-5,12,15H,6-11,13H2,1-2H3. The Labute approximate surface area is 127 Å². The summed E-state index contributed by atoms with van der Waals surface area (Å²) in [6, 6.07) is 7.82. The van der Waals surface area contributed by atoms with Crippen LogP contribution in [-0.2, 0) is 9.47 Å². The van der Waals surface area contributed by atoms with Crippen molar-refractivity contribution in [2.75, 3.05) is 40.0 Å². The number of hydrogen-bond donors (Lipinski definition) is 0. The summed E-state index contributed by atoms with van der Waals surface area (Å²) >= 11 is 0. The molecule has 0 spiro atoms. The van der Waals surface area contributed by atoms with E-state index in [2.05, 4.69) is 0 Å². The van der Waals surface area contributed by atoms with Gasteiger partial charge in [0, 0.05) is 32.4 Å². The molecule has 1 aromatic rings. The van der Waals surface area contributed by atoms with Gasteiger partial charge in [0.05, 0.1) is 13.2 Å². The number of aryl methyl sites for hydroxylation is 1. The fourth-order valence-corrected chi connectivity index (χ4v) is 2.66. The summed E-state index contributed by atoms with van der Waals surface area (Å²) in [6.45, 7) is 5.73. The van der Waals surface area contributed by atoms with Crippen LogP contribution in [-0.4, -0.2) is 50.8 Å². The van der Waals surface area contributed by atoms with Gasteiger partial charge in [-0.15, -0.1) is 0 Å². The predicted octanol–water partition coefficient (Wildman–Crippen LogP) is 2.51. The van der Waals surface area contributed by atoms with Crippen LogP contribution in [0.4, 0.5) is 0 Å². The lowest BCUT2D eigenvalue weighted by Gasteiger charge is -2.32. The van der Waals surface area contributed by atoms with Gasteiger partial charge in [-0.25, -0.2) is 0 Å². The van der Waals surface area contributed by atoms with Gasteiger partial charge < -0.3 is 14.4 Å². The molecule has 1 amide bonds. The van der Waals surface area contributed by atoms with Gasteiger partial charge in [0.1, 0.15) is 0 Å². The third-order valence-corrected chi connectivity index (χ3v) is 3.95. The van der Waals surface area contributed by atoms with Gasteiger partial charge >= 0.3 is 0 Å². The average molecular weight is 291 g/mol. The maximum absolute atomic E-state index is 12.4. The Morgan fingerprint density at radius 1 is 1.29 bits per heavy atom. The van der Waals surface area contributed by atoms with E-state index in [0.717, 1.165) is 43.7 Å². The van der Waals surface area contributed by atoms with Crippen molar-refractivity contribution in [2.45, 2.75) is 19.8 Å². The molecule has 21 heavy (non-hydrogen) atoms. The first-order chi connectivity index (χ1) is 10.2. The van der Waals surface area contributed by atoms with Crippen molar-refractivity contribution in [3.05, 3.63) is 35.4 Å². The predicted molar refractivity (Wildman–Crippen MR) is 82.5 cm³/mol. The zero-order valence-corrected chi connectivity index (χ0v) is 13.0. The molecular weight excluding hydrogens is 266 g/mol. The number of carbonyl (C=O) groups excluding carboxylic acids is 1. The van der Waals surface area contributed by atoms with Crippen LogP contribution in [0.5, 0.6) is 0 Å². The van der Waals surface area contributed by atoms with Crippen molar-refractivity contribution in [3.8, 4) is 0 Å². The highest BCUT2D eigenvalue weighted by Gasteiger charge is 2.23. The van der Waals surface area contributed by atoms with E-state index in [1.54, 1.807) is 7.11 Å². The largest absolute Gasteiger partial charge is 0.382 e. The summed E-state index contributed by atoms with van der Waals surface area (Å²) in [5, 5.41) is 0. The molecule has 4 heteroatoms. The van der Waals surface area contributed by atoms with E-state index >= 15 is 0 Å². The molecule has 1 heterocycles. The molecule has 0 aliphatic carbocycles. The summed E-state index contributed by atoms with van der Waals surface area (Å²) in [4.78, 5) is 14.4. The highest BCUT2D eigenvalue weighted by Crippen LogP contribution is 2.19. The third kappa shape index (κ3) is 4.83. The third-order valence-electron chi connectivity index (χ3n) is 3.95. The minimum Gasteiger partial charge on any atom is -0.382 e. The molecule has 2 rings (SSSR count). The zero-order chi connectivity index (χ0) is 15.1. The van der Waals surface area contributed by atoms with Gasteiger partial charge in [-0.1, -0.05) is 17.7 Å². The molecule has 116 valence electrons. The molecule has 1 aliphatic heterocycles. The summed E-state index contributed by atoms with van der Waals surface area (Å²) in [5.41, 5.74) is 1.92. The fraction of sp³-hybridized carbons (Fsp3) is 0.588. The van der Waals surface area contributed by atoms with Gasteiger partial charge in [-0.3, -0.25) is 4.79 Å². The van der Waals surface area contributed by atoms with E-state index in [1.807, 2.05) is 36.1 Å². The lowest BCUT2D eigenvalue weighted by atomic mass is 9.97. The first-order valence-corrected chi connectivity index (χ1v) is 7.63. The first kappa shape index (κ1) is 16.0. The number of benzene rings is 1. The molecule has 1 aliphatic rings. The summed E-state index contributed by atoms with van der Waals surface area (Å²) in [6.07, 6.45) is 2.04. The smallest absolute Gasteiger partial charge is 0.253 e. The van der Waals surface area contributed by atoms with Crippen LogP contribution in [0.25, 0.3) is 0 Å². The maximum Gasteiger partial charge on any atom is 0.253 e. The number of carbonyl (C=O) groups is 1. The molecular formula is C17H25NO3. The number of nitrogens with zero attached hydrogens (tertiary/aromatic N) is 1. The number of piperidine rings is 1. The summed E-state index contributed by atoms with van der Waals surface area (Å²) in [5.74, 6) is 0.709. The van der Waals surface area contributed by atoms with Crippen LogP contribution in [0.1, 0.15) is 28.8 Å². The minimum atomic E-state index is 0.150. The minimum absolute atomic E-state index is 0.150. The molecule has 1 aromatic carbocycles. The fourth-order valence-electron chi connectivity index (χ4n) is 2.66. The number of ether oxygens (including phenoxy) is 2. The van der Waals surface area contributed by atoms with Crippen molar-refractivity contribution in [1.29, 1.82) is 0 Å². The van der Waals surface area contributed by atoms with Crippen molar-refractivity contribution >= 4 is 5.91 Å². The van der Waals surface area contributed by atoms with Gasteiger partial charge in [-0.2, -0.15) is 0 Å². The highest BCUT2D eigenvalue weighted by molar-refractivity contribution is 5.94. The Balaban J connectivity index is 1.77. The van der Waals surface area contributed by atoms with Crippen LogP contribution in [0, 0.1) is 12.8 Å².